The number of methoxy groups -OCH3 is 1. The molecule has 1 saturated heterocycles. The Kier molecular flexibility index (Phi) is 13.2. The molecule has 266 valence electrons. The van der Waals surface area contributed by atoms with Gasteiger partial charge in [0.25, 0.3) is 5.91 Å². The third-order valence-corrected chi connectivity index (χ3v) is 10.5. The molecule has 0 saturated carbocycles. The van der Waals surface area contributed by atoms with E-state index in [0.717, 1.165) is 36.3 Å². The van der Waals surface area contributed by atoms with Crippen LogP contribution in [0.25, 0.3) is 10.9 Å². The normalized spacial score (nSPS) is 15.0. The van der Waals surface area contributed by atoms with Gasteiger partial charge in [-0.05, 0) is 116 Å². The summed E-state index contributed by atoms with van der Waals surface area (Å²) in [6.07, 6.45) is 3.08. The summed E-state index contributed by atoms with van der Waals surface area (Å²) in [4.78, 5) is 45.2. The number of amides is 1. The Bertz CT molecular complexity index is 1770. The van der Waals surface area contributed by atoms with Gasteiger partial charge in [-0.15, -0.1) is 0 Å². The number of fused-ring (bicyclic) bond motifs is 1. The average Bonchev–Trinajstić information content (AvgIpc) is 3.71. The zero-order valence-electron chi connectivity index (χ0n) is 28.7. The molecule has 1 aliphatic rings. The van der Waals surface area contributed by atoms with Crippen LogP contribution in [0.2, 0.25) is 5.02 Å². The van der Waals surface area contributed by atoms with Crippen LogP contribution in [0.4, 0.5) is 0 Å². The molecule has 2 N–H and O–H groups in total. The average molecular weight is 722 g/mol. The number of nitrogens with zero attached hydrogens (tertiary/aromatic N) is 1. The lowest BCUT2D eigenvalue weighted by atomic mass is 9.86. The highest BCUT2D eigenvalue weighted by Gasteiger charge is 2.36. The highest BCUT2D eigenvalue weighted by atomic mass is 35.5. The quantitative estimate of drug-likeness (QED) is 0.0608. The predicted molar refractivity (Wildman–Crippen MR) is 195 cm³/mol. The van der Waals surface area contributed by atoms with Gasteiger partial charge in [0.15, 0.2) is 5.75 Å². The first kappa shape index (κ1) is 37.2. The van der Waals surface area contributed by atoms with Crippen molar-refractivity contribution in [2.24, 2.45) is 5.92 Å². The van der Waals surface area contributed by atoms with Crippen molar-refractivity contribution >= 4 is 51.5 Å². The van der Waals surface area contributed by atoms with Crippen LogP contribution in [0.15, 0.2) is 66.7 Å². The minimum Gasteiger partial charge on any atom is -0.616 e. The largest absolute Gasteiger partial charge is 0.616 e. The molecule has 3 unspecified atom stereocenters. The molecule has 1 fully saturated rings. The van der Waals surface area contributed by atoms with Gasteiger partial charge in [0.05, 0.1) is 25.2 Å². The third-order valence-electron chi connectivity index (χ3n) is 8.81. The molecular weight excluding hydrogens is 678 g/mol. The number of likely N-dealkylation sites (tertiary alicyclic amines) is 1. The zero-order chi connectivity index (χ0) is 35.6. The molecule has 10 nitrogen and oxygen atoms in total. The summed E-state index contributed by atoms with van der Waals surface area (Å²) >= 11 is 4.35. The molecule has 3 aromatic carbocycles. The number of aryl methyl sites for hydroxylation is 1. The molecule has 0 aliphatic carbocycles. The molecule has 4 aromatic rings. The van der Waals surface area contributed by atoms with Crippen molar-refractivity contribution in [1.29, 1.82) is 0 Å². The second-order valence-corrected chi connectivity index (χ2v) is 14.6. The molecule has 2 heterocycles. The van der Waals surface area contributed by atoms with Crippen LogP contribution in [0.1, 0.15) is 59.3 Å². The fourth-order valence-corrected chi connectivity index (χ4v) is 7.77. The molecule has 0 spiro atoms. The van der Waals surface area contributed by atoms with Gasteiger partial charge >= 0.3 is 11.9 Å². The maximum Gasteiger partial charge on any atom is 0.345 e. The number of nitrogens with one attached hydrogen (secondary N) is 2. The van der Waals surface area contributed by atoms with Crippen LogP contribution >= 0.6 is 11.6 Å². The van der Waals surface area contributed by atoms with Gasteiger partial charge in [-0.1, -0.05) is 30.7 Å². The van der Waals surface area contributed by atoms with Crippen molar-refractivity contribution in [3.63, 3.8) is 0 Å². The van der Waals surface area contributed by atoms with Crippen LogP contribution in [-0.4, -0.2) is 77.1 Å². The first-order chi connectivity index (χ1) is 24.1. The van der Waals surface area contributed by atoms with Gasteiger partial charge in [0.1, 0.15) is 17.3 Å². The minimum atomic E-state index is -1.61. The first-order valence-corrected chi connectivity index (χ1v) is 18.7. The Labute approximate surface area is 301 Å². The molecule has 1 aliphatic heterocycles. The second-order valence-electron chi connectivity index (χ2n) is 12.7. The molecule has 50 heavy (non-hydrogen) atoms. The number of halogens is 1. The van der Waals surface area contributed by atoms with Gasteiger partial charge < -0.3 is 29.1 Å². The summed E-state index contributed by atoms with van der Waals surface area (Å²) in [5.74, 6) is -2.30. The fraction of sp³-hybridized carbons (Fsp3) is 0.395. The van der Waals surface area contributed by atoms with E-state index in [4.69, 9.17) is 25.8 Å². The second kappa shape index (κ2) is 17.8. The van der Waals surface area contributed by atoms with Crippen LogP contribution in [-0.2, 0) is 32.0 Å². The Morgan fingerprint density at radius 2 is 1.80 bits per heavy atom. The Balaban J connectivity index is 1.17. The van der Waals surface area contributed by atoms with E-state index >= 15 is 0 Å². The van der Waals surface area contributed by atoms with Gasteiger partial charge in [-0.3, -0.25) is 14.5 Å². The Morgan fingerprint density at radius 3 is 2.54 bits per heavy atom. The lowest BCUT2D eigenvalue weighted by molar-refractivity contribution is -0.140. The number of benzene rings is 3. The molecule has 3 atom stereocenters. The number of carbonyl (C=O) groups excluding carboxylic acids is 3. The lowest BCUT2D eigenvalue weighted by Crippen LogP contribution is -2.35. The van der Waals surface area contributed by atoms with Gasteiger partial charge in [0.2, 0.25) is 0 Å². The van der Waals surface area contributed by atoms with E-state index in [-0.39, 0.29) is 23.0 Å². The van der Waals surface area contributed by atoms with E-state index in [1.807, 2.05) is 31.2 Å². The summed E-state index contributed by atoms with van der Waals surface area (Å²) in [7, 11) is 1.55. The van der Waals surface area contributed by atoms with Crippen molar-refractivity contribution < 1.29 is 33.1 Å². The number of rotatable bonds is 16. The predicted octanol–water partition coefficient (Wildman–Crippen LogP) is 6.17. The summed E-state index contributed by atoms with van der Waals surface area (Å²) in [6, 6.07) is 19.6. The van der Waals surface area contributed by atoms with E-state index in [2.05, 4.69) is 27.3 Å². The van der Waals surface area contributed by atoms with Crippen molar-refractivity contribution in [2.75, 3.05) is 44.9 Å². The molecule has 0 radical (unpaired) electrons. The van der Waals surface area contributed by atoms with Crippen LogP contribution in [0, 0.1) is 12.8 Å². The van der Waals surface area contributed by atoms with E-state index in [1.165, 1.54) is 42.7 Å². The van der Waals surface area contributed by atoms with Crippen molar-refractivity contribution in [3.05, 3.63) is 94.1 Å². The SMILES string of the molecule is COc1ccc2[nH]c(C)c(C(C(=O)OC(=O)c3ccc(Cl)cc3)C(C)C[S+]([O-])CC(=O)NCCCOc3cccc(CN4CCCC4)c3)c2c1. The van der Waals surface area contributed by atoms with Crippen molar-refractivity contribution in [3.8, 4) is 11.5 Å². The van der Waals surface area contributed by atoms with Crippen molar-refractivity contribution in [2.45, 2.75) is 45.6 Å². The maximum absolute atomic E-state index is 13.8. The standard InChI is InChI=1S/C38H44ClN3O7S/c1-25(23-50(46)24-34(43)40-16-7-19-48-31-9-6-8-27(20-31)22-42-17-4-5-18-42)35(38(45)49-37(44)28-10-12-29(39)13-11-28)36-26(2)41-33-15-14-30(47-3)21-32(33)36/h6,8-15,20-21,25,35,41H,4-5,7,16-19,22-24H2,1-3H3,(H,40,43). The Morgan fingerprint density at radius 1 is 1.04 bits per heavy atom. The van der Waals surface area contributed by atoms with Gasteiger partial charge in [-0.25, -0.2) is 4.79 Å². The van der Waals surface area contributed by atoms with E-state index in [1.54, 1.807) is 20.1 Å². The van der Waals surface area contributed by atoms with Gasteiger partial charge in [-0.2, -0.15) is 0 Å². The maximum atomic E-state index is 13.8. The number of ether oxygens (including phenoxy) is 3. The highest BCUT2D eigenvalue weighted by molar-refractivity contribution is 7.92. The van der Waals surface area contributed by atoms with E-state index in [0.29, 0.717) is 41.6 Å². The molecule has 12 heteroatoms. The van der Waals surface area contributed by atoms with Crippen LogP contribution in [0.5, 0.6) is 11.5 Å². The highest BCUT2D eigenvalue weighted by Crippen LogP contribution is 2.37. The smallest absolute Gasteiger partial charge is 0.345 e. The first-order valence-electron chi connectivity index (χ1n) is 16.8. The number of H-pyrrole nitrogens is 1. The fourth-order valence-electron chi connectivity index (χ4n) is 6.36. The number of hydrogen-bond donors (Lipinski definition) is 2. The zero-order valence-corrected chi connectivity index (χ0v) is 30.2. The summed E-state index contributed by atoms with van der Waals surface area (Å²) in [5.41, 5.74) is 3.47. The molecule has 0 bridgehead atoms. The summed E-state index contributed by atoms with van der Waals surface area (Å²) in [5, 5.41) is 3.99. The molecular formula is C38H44ClN3O7S. The number of aromatic amines is 1. The lowest BCUT2D eigenvalue weighted by Gasteiger charge is -2.24. The molecule has 1 amide bonds. The number of hydrogen-bond acceptors (Lipinski definition) is 8. The summed E-state index contributed by atoms with van der Waals surface area (Å²) < 4.78 is 30.0. The number of aromatic nitrogens is 1. The summed E-state index contributed by atoms with van der Waals surface area (Å²) in [6.45, 7) is 7.58. The van der Waals surface area contributed by atoms with Crippen LogP contribution in [0.3, 0.4) is 0 Å². The molecule has 1 aromatic heterocycles. The molecule has 5 rings (SSSR count). The van der Waals surface area contributed by atoms with Crippen LogP contribution < -0.4 is 14.8 Å². The number of carbonyl (C=O) groups is 3. The number of esters is 2. The minimum absolute atomic E-state index is 0.0231. The third kappa shape index (κ3) is 10.0. The van der Waals surface area contributed by atoms with E-state index < -0.39 is 35.0 Å². The Hall–Kier alpha value is -4.03. The monoisotopic (exact) mass is 721 g/mol. The van der Waals surface area contributed by atoms with E-state index in [9.17, 15) is 18.9 Å². The van der Waals surface area contributed by atoms with Crippen molar-refractivity contribution in [1.82, 2.24) is 15.2 Å². The van der Waals surface area contributed by atoms with Gasteiger partial charge in [0, 0.05) is 40.6 Å². The topological polar surface area (TPSA) is 133 Å².